The van der Waals surface area contributed by atoms with E-state index in [2.05, 4.69) is 0 Å². The Morgan fingerprint density at radius 1 is 1.42 bits per heavy atom. The smallest absolute Gasteiger partial charge is 0.224 e. The van der Waals surface area contributed by atoms with Crippen LogP contribution >= 0.6 is 0 Å². The molecule has 0 saturated carbocycles. The summed E-state index contributed by atoms with van der Waals surface area (Å²) in [5, 5.41) is 11.7. The first-order valence-corrected chi connectivity index (χ1v) is 7.15. The minimum atomic E-state index is -0.560. The van der Waals surface area contributed by atoms with Gasteiger partial charge in [-0.3, -0.25) is 9.63 Å². The maximum atomic E-state index is 12.2. The number of likely N-dealkylation sites (N-methyl/N-ethyl adjacent to an activating group) is 1. The normalized spacial score (nSPS) is 28.5. The van der Waals surface area contributed by atoms with Crippen molar-refractivity contribution in [2.45, 2.75) is 38.3 Å². The summed E-state index contributed by atoms with van der Waals surface area (Å²) in [6.07, 6.45) is 2.09. The van der Waals surface area contributed by atoms with Crippen molar-refractivity contribution in [3.8, 4) is 0 Å². The number of aliphatic hydroxyl groups excluding tert-OH is 1. The molecule has 2 saturated heterocycles. The van der Waals surface area contributed by atoms with E-state index in [9.17, 15) is 9.90 Å². The van der Waals surface area contributed by atoms with Gasteiger partial charge >= 0.3 is 0 Å². The van der Waals surface area contributed by atoms with Crippen molar-refractivity contribution in [3.05, 3.63) is 0 Å². The summed E-state index contributed by atoms with van der Waals surface area (Å²) in [6.45, 7) is 5.56. The number of carbonyl (C=O) groups is 1. The largest absolute Gasteiger partial charge is 0.388 e. The Morgan fingerprint density at radius 3 is 2.84 bits per heavy atom. The lowest BCUT2D eigenvalue weighted by Crippen LogP contribution is -2.47. The number of hydrogen-bond donors (Lipinski definition) is 1. The molecule has 2 fully saturated rings. The summed E-state index contributed by atoms with van der Waals surface area (Å²) >= 11 is 0. The molecule has 19 heavy (non-hydrogen) atoms. The molecule has 1 amide bonds. The molecule has 1 N–H and O–H groups in total. The quantitative estimate of drug-likeness (QED) is 0.764. The van der Waals surface area contributed by atoms with Gasteiger partial charge in [-0.1, -0.05) is 0 Å². The van der Waals surface area contributed by atoms with Gasteiger partial charge in [-0.25, -0.2) is 0 Å². The first-order chi connectivity index (χ1) is 9.22. The molecular weight excluding hydrogens is 248 g/mol. The van der Waals surface area contributed by atoms with Crippen LogP contribution in [0.3, 0.4) is 0 Å². The minimum Gasteiger partial charge on any atom is -0.388 e. The van der Waals surface area contributed by atoms with Crippen LogP contribution < -0.4 is 0 Å². The molecule has 2 rings (SSSR count). The van der Waals surface area contributed by atoms with Crippen molar-refractivity contribution in [2.24, 2.45) is 0 Å². The molecule has 2 atom stereocenters. The van der Waals surface area contributed by atoms with Gasteiger partial charge in [-0.2, -0.15) is 5.06 Å². The third-order valence-corrected chi connectivity index (χ3v) is 3.73. The van der Waals surface area contributed by atoms with Crippen LogP contribution in [0.4, 0.5) is 0 Å². The Kier molecular flexibility index (Phi) is 5.57. The number of carbonyl (C=O) groups excluding carboxylic acids is 1. The molecular formula is C13H24N2O4. The Morgan fingerprint density at radius 2 is 2.26 bits per heavy atom. The second-order valence-electron chi connectivity index (χ2n) is 5.07. The van der Waals surface area contributed by atoms with E-state index in [1.807, 2.05) is 12.0 Å². The van der Waals surface area contributed by atoms with E-state index >= 15 is 0 Å². The van der Waals surface area contributed by atoms with Gasteiger partial charge in [0.1, 0.15) is 0 Å². The zero-order valence-electron chi connectivity index (χ0n) is 11.6. The lowest BCUT2D eigenvalue weighted by atomic mass is 10.1. The highest BCUT2D eigenvalue weighted by Gasteiger charge is 2.33. The number of aliphatic hydroxyl groups is 1. The number of nitrogens with zero attached hydrogens (tertiary/aromatic N) is 2. The Balaban J connectivity index is 1.79. The van der Waals surface area contributed by atoms with E-state index in [0.717, 1.165) is 26.0 Å². The van der Waals surface area contributed by atoms with E-state index < -0.39 is 6.10 Å². The van der Waals surface area contributed by atoms with E-state index in [1.54, 1.807) is 4.90 Å². The molecule has 0 aromatic rings. The SMILES string of the molecule is CCN(C(=O)CCN1CCCCO1)[C@@H]1COC[C@H]1O. The van der Waals surface area contributed by atoms with Crippen LogP contribution in [0.15, 0.2) is 0 Å². The minimum absolute atomic E-state index is 0.0613. The van der Waals surface area contributed by atoms with E-state index in [1.165, 1.54) is 0 Å². The molecule has 0 unspecified atom stereocenters. The summed E-state index contributed by atoms with van der Waals surface area (Å²) < 4.78 is 5.22. The fraction of sp³-hybridized carbons (Fsp3) is 0.923. The average molecular weight is 272 g/mol. The van der Waals surface area contributed by atoms with Gasteiger partial charge < -0.3 is 14.7 Å². The zero-order chi connectivity index (χ0) is 13.7. The first-order valence-electron chi connectivity index (χ1n) is 7.15. The van der Waals surface area contributed by atoms with Gasteiger partial charge in [0.2, 0.25) is 5.91 Å². The van der Waals surface area contributed by atoms with Crippen molar-refractivity contribution in [1.82, 2.24) is 9.96 Å². The maximum Gasteiger partial charge on any atom is 0.224 e. The van der Waals surface area contributed by atoms with Gasteiger partial charge in [0, 0.05) is 26.1 Å². The molecule has 2 heterocycles. The highest BCUT2D eigenvalue weighted by molar-refractivity contribution is 5.76. The lowest BCUT2D eigenvalue weighted by molar-refractivity contribution is -0.183. The van der Waals surface area contributed by atoms with Crippen molar-refractivity contribution in [3.63, 3.8) is 0 Å². The molecule has 0 aromatic heterocycles. The zero-order valence-corrected chi connectivity index (χ0v) is 11.6. The van der Waals surface area contributed by atoms with Crippen molar-refractivity contribution in [2.75, 3.05) is 39.5 Å². The summed E-state index contributed by atoms with van der Waals surface area (Å²) in [7, 11) is 0. The second kappa shape index (κ2) is 7.19. The van der Waals surface area contributed by atoms with Crippen LogP contribution in [-0.4, -0.2) is 72.6 Å². The van der Waals surface area contributed by atoms with Gasteiger partial charge in [-0.15, -0.1) is 0 Å². The lowest BCUT2D eigenvalue weighted by Gasteiger charge is -2.30. The molecule has 0 spiro atoms. The Bertz CT molecular complexity index is 294. The molecule has 6 heteroatoms. The van der Waals surface area contributed by atoms with Crippen LogP contribution in [0.1, 0.15) is 26.2 Å². The van der Waals surface area contributed by atoms with E-state index in [4.69, 9.17) is 9.57 Å². The van der Waals surface area contributed by atoms with Gasteiger partial charge in [0.15, 0.2) is 0 Å². The van der Waals surface area contributed by atoms with Crippen molar-refractivity contribution in [1.29, 1.82) is 0 Å². The van der Waals surface area contributed by atoms with Crippen LogP contribution in [0.5, 0.6) is 0 Å². The van der Waals surface area contributed by atoms with Crippen LogP contribution in [0, 0.1) is 0 Å². The number of hydrogen-bond acceptors (Lipinski definition) is 5. The summed E-state index contributed by atoms with van der Waals surface area (Å²) in [5.74, 6) is 0.0613. The van der Waals surface area contributed by atoms with Crippen LogP contribution in [-0.2, 0) is 14.4 Å². The summed E-state index contributed by atoms with van der Waals surface area (Å²) in [6, 6.07) is -0.195. The fourth-order valence-corrected chi connectivity index (χ4v) is 2.61. The third-order valence-electron chi connectivity index (χ3n) is 3.73. The predicted octanol–water partition coefficient (Wildman–Crippen LogP) is 0.0121. The topological polar surface area (TPSA) is 62.2 Å². The second-order valence-corrected chi connectivity index (χ2v) is 5.07. The highest BCUT2D eigenvalue weighted by atomic mass is 16.7. The number of rotatable bonds is 5. The number of amides is 1. The summed E-state index contributed by atoms with van der Waals surface area (Å²) in [5.41, 5.74) is 0. The third kappa shape index (κ3) is 3.89. The van der Waals surface area contributed by atoms with Crippen molar-refractivity contribution >= 4 is 5.91 Å². The Hall–Kier alpha value is -0.690. The average Bonchev–Trinajstić information content (AvgIpc) is 2.85. The first kappa shape index (κ1) is 14.7. The van der Waals surface area contributed by atoms with E-state index in [-0.39, 0.29) is 11.9 Å². The standard InChI is InChI=1S/C13H24N2O4/c1-2-15(11-9-18-10-12(11)16)13(17)5-7-14-6-3-4-8-19-14/h11-12,16H,2-10H2,1H3/t11-,12-/m1/s1. The molecule has 0 radical (unpaired) electrons. The van der Waals surface area contributed by atoms with Gasteiger partial charge in [0.05, 0.1) is 32.0 Å². The van der Waals surface area contributed by atoms with Gasteiger partial charge in [-0.05, 0) is 19.8 Å². The van der Waals surface area contributed by atoms with E-state index in [0.29, 0.717) is 32.7 Å². The molecule has 0 aliphatic carbocycles. The number of ether oxygens (including phenoxy) is 1. The monoisotopic (exact) mass is 272 g/mol. The molecule has 6 nitrogen and oxygen atoms in total. The predicted molar refractivity (Wildman–Crippen MR) is 69.4 cm³/mol. The van der Waals surface area contributed by atoms with Crippen molar-refractivity contribution < 1.29 is 19.5 Å². The van der Waals surface area contributed by atoms with Gasteiger partial charge in [0.25, 0.3) is 0 Å². The molecule has 0 bridgehead atoms. The maximum absolute atomic E-state index is 12.2. The fourth-order valence-electron chi connectivity index (χ4n) is 2.61. The summed E-state index contributed by atoms with van der Waals surface area (Å²) in [4.78, 5) is 19.4. The van der Waals surface area contributed by atoms with Crippen LogP contribution in [0.25, 0.3) is 0 Å². The molecule has 0 aromatic carbocycles. The Labute approximate surface area is 114 Å². The van der Waals surface area contributed by atoms with Crippen LogP contribution in [0.2, 0.25) is 0 Å². The highest BCUT2D eigenvalue weighted by Crippen LogP contribution is 2.15. The molecule has 110 valence electrons. The molecule has 2 aliphatic rings. The number of hydroxylamine groups is 2. The molecule has 2 aliphatic heterocycles.